The van der Waals surface area contributed by atoms with Gasteiger partial charge in [-0.05, 0) is 35.7 Å². The lowest BCUT2D eigenvalue weighted by Crippen LogP contribution is -2.56. The Kier molecular flexibility index (Phi) is 5.76. The van der Waals surface area contributed by atoms with Crippen molar-refractivity contribution < 1.29 is 32.5 Å². The monoisotopic (exact) mass is 422 g/mol. The van der Waals surface area contributed by atoms with Crippen LogP contribution in [0, 0.1) is 0 Å². The number of hydrazone groups is 1. The molecule has 0 aromatic heterocycles. The van der Waals surface area contributed by atoms with Gasteiger partial charge in [-0.1, -0.05) is 31.2 Å². The second-order valence-electron chi connectivity index (χ2n) is 6.78. The average Bonchev–Trinajstić information content (AvgIpc) is 3.11. The number of methoxy groups -OCH3 is 2. The van der Waals surface area contributed by atoms with E-state index in [2.05, 4.69) is 5.10 Å². The van der Waals surface area contributed by atoms with Crippen molar-refractivity contribution in [1.82, 2.24) is 5.01 Å². The fraction of sp³-hybridized carbons (Fsp3) is 0.333. The number of halogens is 3. The molecule has 0 fully saturated rings. The van der Waals surface area contributed by atoms with Gasteiger partial charge < -0.3 is 14.6 Å². The van der Waals surface area contributed by atoms with Gasteiger partial charge in [-0.15, -0.1) is 0 Å². The van der Waals surface area contributed by atoms with E-state index in [9.17, 15) is 23.1 Å². The average molecular weight is 422 g/mol. The van der Waals surface area contributed by atoms with Crippen molar-refractivity contribution in [3.63, 3.8) is 0 Å². The molecule has 2 aromatic carbocycles. The van der Waals surface area contributed by atoms with Gasteiger partial charge in [-0.25, -0.2) is 0 Å². The number of aliphatic hydroxyl groups is 1. The molecule has 0 unspecified atom stereocenters. The van der Waals surface area contributed by atoms with Crippen molar-refractivity contribution in [3.05, 3.63) is 59.2 Å². The zero-order valence-electron chi connectivity index (χ0n) is 16.7. The van der Waals surface area contributed by atoms with Crippen LogP contribution in [0.15, 0.2) is 47.6 Å². The third-order valence-electron chi connectivity index (χ3n) is 4.96. The number of ether oxygens (including phenoxy) is 2. The highest BCUT2D eigenvalue weighted by atomic mass is 19.4. The molecule has 0 aliphatic carbocycles. The largest absolute Gasteiger partial charge is 0.493 e. The third kappa shape index (κ3) is 3.72. The molecule has 30 heavy (non-hydrogen) atoms. The van der Waals surface area contributed by atoms with Gasteiger partial charge in [-0.3, -0.25) is 4.79 Å². The van der Waals surface area contributed by atoms with Crippen molar-refractivity contribution in [2.45, 2.75) is 31.7 Å². The SMILES string of the molecule is CCc1ccc(C2=NN(C(=O)c3ccc(OC)c(OC)c3)[C@](O)(C(F)(F)F)C2)cc1. The lowest BCUT2D eigenvalue weighted by molar-refractivity contribution is -0.297. The number of alkyl halides is 3. The van der Waals surface area contributed by atoms with Gasteiger partial charge in [0.05, 0.1) is 26.4 Å². The maximum Gasteiger partial charge on any atom is 0.438 e. The zero-order valence-corrected chi connectivity index (χ0v) is 16.7. The van der Waals surface area contributed by atoms with Crippen LogP contribution >= 0.6 is 0 Å². The quantitative estimate of drug-likeness (QED) is 0.797. The molecule has 1 aliphatic rings. The van der Waals surface area contributed by atoms with E-state index in [0.717, 1.165) is 12.0 Å². The lowest BCUT2D eigenvalue weighted by atomic mass is 9.99. The summed E-state index contributed by atoms with van der Waals surface area (Å²) in [5, 5.41) is 14.4. The normalized spacial score (nSPS) is 18.9. The minimum absolute atomic E-state index is 0.0358. The van der Waals surface area contributed by atoms with Gasteiger partial charge in [0.1, 0.15) is 0 Å². The number of aryl methyl sites for hydroxylation is 1. The fourth-order valence-corrected chi connectivity index (χ4v) is 3.17. The van der Waals surface area contributed by atoms with Crippen LogP contribution in [0.2, 0.25) is 0 Å². The third-order valence-corrected chi connectivity index (χ3v) is 4.96. The highest BCUT2D eigenvalue weighted by Gasteiger charge is 2.63. The summed E-state index contributed by atoms with van der Waals surface area (Å²) in [7, 11) is 2.73. The fourth-order valence-electron chi connectivity index (χ4n) is 3.17. The standard InChI is InChI=1S/C21H21F3N2O4/c1-4-13-5-7-14(8-6-13)16-12-20(28,21(22,23)24)26(25-16)19(27)15-9-10-17(29-2)18(11-15)30-3/h5-11,28H,4,12H2,1-3H3/t20-/m1/s1. The van der Waals surface area contributed by atoms with Gasteiger partial charge in [0, 0.05) is 5.56 Å². The van der Waals surface area contributed by atoms with E-state index in [0.29, 0.717) is 11.3 Å². The van der Waals surface area contributed by atoms with E-state index >= 15 is 0 Å². The molecule has 3 rings (SSSR count). The Morgan fingerprint density at radius 3 is 2.30 bits per heavy atom. The van der Waals surface area contributed by atoms with Crippen molar-refractivity contribution in [2.75, 3.05) is 14.2 Å². The highest BCUT2D eigenvalue weighted by Crippen LogP contribution is 2.42. The van der Waals surface area contributed by atoms with Crippen LogP contribution < -0.4 is 9.47 Å². The summed E-state index contributed by atoms with van der Waals surface area (Å²) in [6.45, 7) is 1.95. The molecule has 0 saturated heterocycles. The number of carbonyl (C=O) groups excluding carboxylic acids is 1. The maximum absolute atomic E-state index is 13.8. The number of rotatable bonds is 5. The molecule has 0 saturated carbocycles. The first kappa shape index (κ1) is 21.6. The number of carbonyl (C=O) groups is 1. The smallest absolute Gasteiger partial charge is 0.438 e. The maximum atomic E-state index is 13.8. The molecule has 2 aromatic rings. The predicted octanol–water partition coefficient (Wildman–Crippen LogP) is 3.77. The van der Waals surface area contributed by atoms with E-state index in [1.54, 1.807) is 24.3 Å². The summed E-state index contributed by atoms with van der Waals surface area (Å²) in [6, 6.07) is 10.7. The van der Waals surface area contributed by atoms with E-state index in [-0.39, 0.29) is 22.0 Å². The summed E-state index contributed by atoms with van der Waals surface area (Å²) >= 11 is 0. The topological polar surface area (TPSA) is 71.4 Å². The first-order chi connectivity index (χ1) is 14.1. The van der Waals surface area contributed by atoms with Gasteiger partial charge in [0.25, 0.3) is 11.6 Å². The number of benzene rings is 2. The minimum Gasteiger partial charge on any atom is -0.493 e. The molecule has 1 amide bonds. The Hall–Kier alpha value is -3.07. The number of nitrogens with zero attached hydrogens (tertiary/aromatic N) is 2. The van der Waals surface area contributed by atoms with Crippen LogP contribution in [0.3, 0.4) is 0 Å². The van der Waals surface area contributed by atoms with Crippen LogP contribution in [0.1, 0.15) is 34.8 Å². The molecular formula is C21H21F3N2O4. The van der Waals surface area contributed by atoms with E-state index in [4.69, 9.17) is 9.47 Å². The number of amides is 1. The van der Waals surface area contributed by atoms with Crippen LogP contribution in [0.25, 0.3) is 0 Å². The summed E-state index contributed by atoms with van der Waals surface area (Å²) < 4.78 is 51.5. The highest BCUT2D eigenvalue weighted by molar-refractivity contribution is 6.05. The van der Waals surface area contributed by atoms with E-state index in [1.807, 2.05) is 6.92 Å². The Balaban J connectivity index is 2.03. The molecule has 1 N–H and O–H groups in total. The Bertz CT molecular complexity index is 973. The molecule has 6 nitrogen and oxygen atoms in total. The van der Waals surface area contributed by atoms with E-state index in [1.165, 1.54) is 32.4 Å². The molecule has 1 aliphatic heterocycles. The Labute approximate surface area is 171 Å². The summed E-state index contributed by atoms with van der Waals surface area (Å²) in [4.78, 5) is 12.9. The predicted molar refractivity (Wildman–Crippen MR) is 104 cm³/mol. The molecule has 160 valence electrons. The molecule has 1 atom stereocenters. The van der Waals surface area contributed by atoms with Crippen LogP contribution in [-0.4, -0.2) is 47.9 Å². The summed E-state index contributed by atoms with van der Waals surface area (Å²) in [5.41, 5.74) is -2.23. The van der Waals surface area contributed by atoms with Crippen LogP contribution in [0.5, 0.6) is 11.5 Å². The number of hydrogen-bond acceptors (Lipinski definition) is 5. The summed E-state index contributed by atoms with van der Waals surface area (Å²) in [6.07, 6.45) is -5.22. The second-order valence-corrected chi connectivity index (χ2v) is 6.78. The zero-order chi connectivity index (χ0) is 22.1. The second kappa shape index (κ2) is 7.98. The van der Waals surface area contributed by atoms with Crippen molar-refractivity contribution in [2.24, 2.45) is 5.10 Å². The van der Waals surface area contributed by atoms with Gasteiger partial charge in [-0.2, -0.15) is 23.3 Å². The first-order valence-electron chi connectivity index (χ1n) is 9.17. The molecule has 0 spiro atoms. The minimum atomic E-state index is -5.12. The van der Waals surface area contributed by atoms with Crippen molar-refractivity contribution in [3.8, 4) is 11.5 Å². The van der Waals surface area contributed by atoms with Crippen LogP contribution in [-0.2, 0) is 6.42 Å². The van der Waals surface area contributed by atoms with E-state index < -0.39 is 24.2 Å². The van der Waals surface area contributed by atoms with Gasteiger partial charge in [0.2, 0.25) is 0 Å². The lowest BCUT2D eigenvalue weighted by Gasteiger charge is -2.32. The molecular weight excluding hydrogens is 401 g/mol. The molecule has 0 radical (unpaired) electrons. The molecule has 0 bridgehead atoms. The number of hydrogen-bond donors (Lipinski definition) is 1. The summed E-state index contributed by atoms with van der Waals surface area (Å²) in [5.74, 6) is -0.643. The molecule has 9 heteroatoms. The Morgan fingerprint density at radius 2 is 1.77 bits per heavy atom. The molecule has 1 heterocycles. The van der Waals surface area contributed by atoms with Crippen LogP contribution in [0.4, 0.5) is 13.2 Å². The first-order valence-corrected chi connectivity index (χ1v) is 9.17. The van der Waals surface area contributed by atoms with Gasteiger partial charge in [0.15, 0.2) is 11.5 Å². The van der Waals surface area contributed by atoms with Gasteiger partial charge >= 0.3 is 6.18 Å². The van der Waals surface area contributed by atoms with Crippen molar-refractivity contribution >= 4 is 11.6 Å². The Morgan fingerprint density at radius 1 is 1.13 bits per heavy atom. The van der Waals surface area contributed by atoms with Crippen molar-refractivity contribution in [1.29, 1.82) is 0 Å².